The Hall–Kier alpha value is -6.45. The molecule has 11 rings (SSSR count). The Bertz CT molecular complexity index is 2870. The van der Waals surface area contributed by atoms with Crippen LogP contribution in [-0.4, -0.2) is 17.4 Å². The normalized spacial score (nSPS) is 23.1. The van der Waals surface area contributed by atoms with E-state index in [2.05, 4.69) is 185 Å². The van der Waals surface area contributed by atoms with Gasteiger partial charge in [-0.05, 0) is 111 Å². The van der Waals surface area contributed by atoms with Crippen LogP contribution in [0.25, 0.3) is 27.8 Å². The van der Waals surface area contributed by atoms with E-state index in [0.717, 1.165) is 48.1 Å². The van der Waals surface area contributed by atoms with Crippen LogP contribution in [0.1, 0.15) is 79.8 Å². The molecule has 3 nitrogen and oxygen atoms in total. The second kappa shape index (κ2) is 13.6. The van der Waals surface area contributed by atoms with Gasteiger partial charge in [0.1, 0.15) is 5.84 Å². The molecule has 0 saturated heterocycles. The zero-order valence-electron chi connectivity index (χ0n) is 34.0. The minimum atomic E-state index is -0.317. The van der Waals surface area contributed by atoms with Crippen molar-refractivity contribution >= 4 is 23.0 Å². The second-order valence-electron chi connectivity index (χ2n) is 17.5. The van der Waals surface area contributed by atoms with Gasteiger partial charge in [0, 0.05) is 28.5 Å². The maximum absolute atomic E-state index is 9.66. The summed E-state index contributed by atoms with van der Waals surface area (Å²) in [5, 5.41) is 9.66. The molecule has 0 aliphatic heterocycles. The molecular weight excluding hydrogens is 715 g/mol. The smallest absolute Gasteiger partial charge is 0.161 e. The van der Waals surface area contributed by atoms with Crippen molar-refractivity contribution in [3.05, 3.63) is 220 Å². The number of benzene rings is 5. The third-order valence-corrected chi connectivity index (χ3v) is 14.1. The number of rotatable bonds is 4. The van der Waals surface area contributed by atoms with Crippen molar-refractivity contribution in [3.63, 3.8) is 0 Å². The highest BCUT2D eigenvalue weighted by Gasteiger charge is 2.57. The highest BCUT2D eigenvalue weighted by molar-refractivity contribution is 6.17. The fraction of sp³-hybridized carbons (Fsp3) is 0.196. The second-order valence-corrected chi connectivity index (χ2v) is 17.5. The first-order valence-corrected chi connectivity index (χ1v) is 21.3. The topological polar surface area (TPSA) is 48.6 Å². The van der Waals surface area contributed by atoms with E-state index in [1.807, 2.05) is 0 Å². The van der Waals surface area contributed by atoms with Crippen LogP contribution in [0.5, 0.6) is 0 Å². The molecule has 3 heteroatoms. The molecule has 1 N–H and O–H groups in total. The summed E-state index contributed by atoms with van der Waals surface area (Å²) in [5.41, 5.74) is 19.5. The molecule has 0 aromatic heterocycles. The van der Waals surface area contributed by atoms with Crippen LogP contribution in [0.3, 0.4) is 0 Å². The van der Waals surface area contributed by atoms with Crippen molar-refractivity contribution in [3.8, 4) is 22.3 Å². The van der Waals surface area contributed by atoms with E-state index in [1.54, 1.807) is 5.57 Å². The maximum Gasteiger partial charge on any atom is 0.161 e. The zero-order valence-corrected chi connectivity index (χ0v) is 34.0. The van der Waals surface area contributed by atoms with Gasteiger partial charge in [0.2, 0.25) is 0 Å². The third kappa shape index (κ3) is 5.37. The van der Waals surface area contributed by atoms with E-state index >= 15 is 0 Å². The highest BCUT2D eigenvalue weighted by Crippen LogP contribution is 2.65. The van der Waals surface area contributed by atoms with E-state index in [4.69, 9.17) is 9.98 Å². The number of hydrogen-bond donors (Lipinski definition) is 1. The average molecular weight is 762 g/mol. The number of amidine groups is 2. The lowest BCUT2D eigenvalue weighted by Gasteiger charge is -2.37. The lowest BCUT2D eigenvalue weighted by atomic mass is 9.64. The van der Waals surface area contributed by atoms with Gasteiger partial charge in [0.25, 0.3) is 0 Å². The van der Waals surface area contributed by atoms with Gasteiger partial charge in [0.15, 0.2) is 5.84 Å². The molecule has 0 fully saturated rings. The van der Waals surface area contributed by atoms with Gasteiger partial charge in [0.05, 0.1) is 5.41 Å². The van der Waals surface area contributed by atoms with Crippen molar-refractivity contribution in [1.29, 1.82) is 5.41 Å². The SMILES string of the molecule is C/C(=N\C(=N/C(=N)C1=CC2=C(CC1)c1ccccc1C2(C)C)c1ccc2c(c1)C1(C3=C(CCC=C3)C3C=CC=CC31)c1ccccc1-2)c1ccc(-c2ccccc2)cc1. The van der Waals surface area contributed by atoms with E-state index in [9.17, 15) is 5.41 Å². The Kier molecular flexibility index (Phi) is 8.21. The van der Waals surface area contributed by atoms with E-state index in [1.165, 1.54) is 61.2 Å². The summed E-state index contributed by atoms with van der Waals surface area (Å²) < 4.78 is 0. The van der Waals surface area contributed by atoms with Crippen LogP contribution in [0.2, 0.25) is 0 Å². The molecule has 5 aromatic carbocycles. The predicted octanol–water partition coefficient (Wildman–Crippen LogP) is 13.3. The van der Waals surface area contributed by atoms with Gasteiger partial charge < -0.3 is 0 Å². The fourth-order valence-electron chi connectivity index (χ4n) is 11.3. The van der Waals surface area contributed by atoms with Crippen LogP contribution in [0.15, 0.2) is 196 Å². The van der Waals surface area contributed by atoms with Gasteiger partial charge in [-0.25, -0.2) is 9.98 Å². The fourth-order valence-corrected chi connectivity index (χ4v) is 11.3. The van der Waals surface area contributed by atoms with Crippen LogP contribution in [-0.2, 0) is 10.8 Å². The molecule has 0 heterocycles. The number of hydrogen-bond acceptors (Lipinski definition) is 1. The molecule has 6 aliphatic rings. The number of allylic oxidation sites excluding steroid dienone is 11. The largest absolute Gasteiger partial charge is 0.283 e. The molecule has 0 amide bonds. The van der Waals surface area contributed by atoms with Gasteiger partial charge in [-0.1, -0.05) is 177 Å². The van der Waals surface area contributed by atoms with Crippen LogP contribution in [0, 0.1) is 17.2 Å². The first-order valence-electron chi connectivity index (χ1n) is 21.3. The Labute approximate surface area is 347 Å². The molecule has 5 aromatic rings. The predicted molar refractivity (Wildman–Crippen MR) is 245 cm³/mol. The number of nitrogens with one attached hydrogen (secondary N) is 1. The Morgan fingerprint density at radius 1 is 0.644 bits per heavy atom. The lowest BCUT2D eigenvalue weighted by Crippen LogP contribution is -2.34. The Morgan fingerprint density at radius 2 is 1.34 bits per heavy atom. The molecule has 59 heavy (non-hydrogen) atoms. The van der Waals surface area contributed by atoms with Crippen LogP contribution < -0.4 is 0 Å². The lowest BCUT2D eigenvalue weighted by molar-refractivity contribution is 0.431. The summed E-state index contributed by atoms with van der Waals surface area (Å²) in [6, 6.07) is 43.9. The molecule has 3 atom stereocenters. The molecule has 286 valence electrons. The monoisotopic (exact) mass is 761 g/mol. The molecule has 6 aliphatic carbocycles. The van der Waals surface area contributed by atoms with Crippen molar-refractivity contribution in [1.82, 2.24) is 0 Å². The summed E-state index contributed by atoms with van der Waals surface area (Å²) in [5.74, 6) is 1.50. The molecular formula is C56H47N3. The Balaban J connectivity index is 1.06. The quantitative estimate of drug-likeness (QED) is 0.140. The number of aliphatic imine (C=N–C) groups is 2. The summed E-state index contributed by atoms with van der Waals surface area (Å²) in [6.07, 6.45) is 20.3. The molecule has 0 bridgehead atoms. The molecule has 1 spiro atoms. The summed E-state index contributed by atoms with van der Waals surface area (Å²) in [6.45, 7) is 6.70. The third-order valence-electron chi connectivity index (χ3n) is 14.1. The first-order chi connectivity index (χ1) is 28.8. The zero-order chi connectivity index (χ0) is 39.9. The standard InChI is InChI=1S/C56H47N3/c1-35(36-25-27-38(28-26-36)37-15-5-4-6-16-37)58-54(59-53(57)39-29-31-45-41-17-7-11-21-47(41)55(2,3)51(45)33-39)40-30-32-46-44-20-10-14-24-50(44)56(52(46)34-40)48-22-12-8-18-42(48)43-19-9-13-23-49(43)56/h4-8,10-18,20-28,30,32-34,42,48,57H,9,19,29,31H2,1-3H3/b57-53?,58-35+,59-54-. The van der Waals surface area contributed by atoms with Gasteiger partial charge >= 0.3 is 0 Å². The van der Waals surface area contributed by atoms with Crippen molar-refractivity contribution in [2.24, 2.45) is 21.8 Å². The van der Waals surface area contributed by atoms with E-state index < -0.39 is 0 Å². The van der Waals surface area contributed by atoms with Crippen LogP contribution >= 0.6 is 0 Å². The van der Waals surface area contributed by atoms with E-state index in [-0.39, 0.29) is 22.6 Å². The highest BCUT2D eigenvalue weighted by atomic mass is 15.0. The Morgan fingerprint density at radius 3 is 2.17 bits per heavy atom. The van der Waals surface area contributed by atoms with Gasteiger partial charge in [-0.15, -0.1) is 0 Å². The van der Waals surface area contributed by atoms with E-state index in [0.29, 0.717) is 11.8 Å². The van der Waals surface area contributed by atoms with Crippen molar-refractivity contribution < 1.29 is 0 Å². The molecule has 0 saturated carbocycles. The first kappa shape index (κ1) is 35.7. The van der Waals surface area contributed by atoms with Crippen molar-refractivity contribution in [2.45, 2.75) is 57.3 Å². The molecule has 0 radical (unpaired) electrons. The number of fused-ring (bicyclic) bond motifs is 11. The minimum Gasteiger partial charge on any atom is -0.283 e. The summed E-state index contributed by atoms with van der Waals surface area (Å²) >= 11 is 0. The maximum atomic E-state index is 9.66. The van der Waals surface area contributed by atoms with Crippen molar-refractivity contribution in [2.75, 3.05) is 0 Å². The van der Waals surface area contributed by atoms with Gasteiger partial charge in [-0.3, -0.25) is 5.41 Å². The average Bonchev–Trinajstić information content (AvgIpc) is 3.84. The summed E-state index contributed by atoms with van der Waals surface area (Å²) in [4.78, 5) is 10.6. The van der Waals surface area contributed by atoms with Gasteiger partial charge in [-0.2, -0.15) is 0 Å². The molecule has 3 unspecified atom stereocenters. The van der Waals surface area contributed by atoms with Crippen LogP contribution in [0.4, 0.5) is 0 Å². The minimum absolute atomic E-state index is 0.128. The summed E-state index contributed by atoms with van der Waals surface area (Å²) in [7, 11) is 0. The number of nitrogens with zero attached hydrogens (tertiary/aromatic N) is 2.